The van der Waals surface area contributed by atoms with Gasteiger partial charge in [-0.2, -0.15) is 0 Å². The molecular formula is C12H18Cl2N2O2. The number of carbonyl (C=O) groups is 1. The van der Waals surface area contributed by atoms with Gasteiger partial charge in [0.05, 0.1) is 0 Å². The Labute approximate surface area is 118 Å². The van der Waals surface area contributed by atoms with E-state index in [0.29, 0.717) is 17.3 Å². The highest BCUT2D eigenvalue weighted by molar-refractivity contribution is 6.30. The molecule has 0 heterocycles. The van der Waals surface area contributed by atoms with Crippen LogP contribution in [0, 0.1) is 0 Å². The predicted octanol–water partition coefficient (Wildman–Crippen LogP) is 1.86. The molecule has 0 radical (unpaired) electrons. The third-order valence-corrected chi connectivity index (χ3v) is 2.50. The van der Waals surface area contributed by atoms with Crippen molar-refractivity contribution in [3.8, 4) is 5.75 Å². The Kier molecular flexibility index (Phi) is 8.54. The quantitative estimate of drug-likeness (QED) is 0.842. The van der Waals surface area contributed by atoms with Gasteiger partial charge in [0.1, 0.15) is 5.75 Å². The zero-order chi connectivity index (χ0) is 12.7. The summed E-state index contributed by atoms with van der Waals surface area (Å²) in [6.07, 6.45) is 0. The first-order chi connectivity index (χ1) is 8.11. The first-order valence-electron chi connectivity index (χ1n) is 5.44. The molecule has 1 aromatic rings. The lowest BCUT2D eigenvalue weighted by atomic mass is 10.3. The normalized spacial score (nSPS) is 11.3. The fourth-order valence-electron chi connectivity index (χ4n) is 1.13. The maximum atomic E-state index is 11.4. The predicted molar refractivity (Wildman–Crippen MR) is 75.7 cm³/mol. The number of carbonyl (C=O) groups excluding carboxylic acids is 1. The van der Waals surface area contributed by atoms with Crippen molar-refractivity contribution < 1.29 is 9.53 Å². The average molecular weight is 293 g/mol. The highest BCUT2D eigenvalue weighted by Gasteiger charge is 2.04. The highest BCUT2D eigenvalue weighted by Crippen LogP contribution is 2.16. The van der Waals surface area contributed by atoms with Gasteiger partial charge in [0.2, 0.25) is 0 Å². The van der Waals surface area contributed by atoms with Gasteiger partial charge in [-0.1, -0.05) is 17.7 Å². The molecule has 0 spiro atoms. The van der Waals surface area contributed by atoms with E-state index in [1.165, 1.54) is 0 Å². The van der Waals surface area contributed by atoms with Crippen molar-refractivity contribution in [2.75, 3.05) is 20.2 Å². The number of likely N-dealkylation sites (N-methyl/N-ethyl adjacent to an activating group) is 1. The van der Waals surface area contributed by atoms with Crippen molar-refractivity contribution in [1.29, 1.82) is 0 Å². The van der Waals surface area contributed by atoms with Gasteiger partial charge in [-0.15, -0.1) is 12.4 Å². The van der Waals surface area contributed by atoms with Crippen molar-refractivity contribution in [2.24, 2.45) is 0 Å². The summed E-state index contributed by atoms with van der Waals surface area (Å²) in [5.41, 5.74) is 0. The molecule has 1 amide bonds. The number of ether oxygens (including phenoxy) is 1. The zero-order valence-corrected chi connectivity index (χ0v) is 12.0. The fourth-order valence-corrected chi connectivity index (χ4v) is 1.31. The summed E-state index contributed by atoms with van der Waals surface area (Å²) in [7, 11) is 1.85. The van der Waals surface area contributed by atoms with Gasteiger partial charge in [-0.3, -0.25) is 4.79 Å². The van der Waals surface area contributed by atoms with E-state index in [2.05, 4.69) is 10.6 Å². The Bertz CT molecular complexity index is 375. The Morgan fingerprint density at radius 1 is 1.50 bits per heavy atom. The number of benzene rings is 1. The monoisotopic (exact) mass is 292 g/mol. The molecule has 2 N–H and O–H groups in total. The second-order valence-electron chi connectivity index (χ2n) is 3.74. The standard InChI is InChI=1S/C12H17ClN2O2.ClH/c1-9(14-2)7-15-12(16)8-17-11-5-3-4-10(13)6-11;/h3-6,9,14H,7-8H2,1-2H3,(H,15,16);1H. The van der Waals surface area contributed by atoms with Gasteiger partial charge in [-0.05, 0) is 32.2 Å². The maximum absolute atomic E-state index is 11.4. The second kappa shape index (κ2) is 9.03. The van der Waals surface area contributed by atoms with Crippen molar-refractivity contribution in [3.63, 3.8) is 0 Å². The molecule has 1 unspecified atom stereocenters. The van der Waals surface area contributed by atoms with Gasteiger partial charge in [0.15, 0.2) is 6.61 Å². The second-order valence-corrected chi connectivity index (χ2v) is 4.18. The molecule has 0 bridgehead atoms. The Morgan fingerprint density at radius 3 is 2.83 bits per heavy atom. The lowest BCUT2D eigenvalue weighted by molar-refractivity contribution is -0.123. The molecule has 0 aliphatic heterocycles. The highest BCUT2D eigenvalue weighted by atomic mass is 35.5. The van der Waals surface area contributed by atoms with Crippen LogP contribution in [0.15, 0.2) is 24.3 Å². The van der Waals surface area contributed by atoms with Crippen molar-refractivity contribution >= 4 is 29.9 Å². The smallest absolute Gasteiger partial charge is 0.257 e. The summed E-state index contributed by atoms with van der Waals surface area (Å²) in [4.78, 5) is 11.4. The topological polar surface area (TPSA) is 50.4 Å². The summed E-state index contributed by atoms with van der Waals surface area (Å²) in [5, 5.41) is 6.38. The number of hydrogen-bond acceptors (Lipinski definition) is 3. The van der Waals surface area contributed by atoms with Crippen LogP contribution in [0.4, 0.5) is 0 Å². The molecule has 0 saturated carbocycles. The molecule has 6 heteroatoms. The van der Waals surface area contributed by atoms with Crippen LogP contribution in [-0.2, 0) is 4.79 Å². The van der Waals surface area contributed by atoms with Crippen LogP contribution in [0.25, 0.3) is 0 Å². The average Bonchev–Trinajstić information content (AvgIpc) is 2.33. The molecule has 0 fully saturated rings. The van der Waals surface area contributed by atoms with Crippen LogP contribution in [0.3, 0.4) is 0 Å². The van der Waals surface area contributed by atoms with Crippen molar-refractivity contribution in [1.82, 2.24) is 10.6 Å². The van der Waals surface area contributed by atoms with Crippen molar-refractivity contribution in [3.05, 3.63) is 29.3 Å². The minimum atomic E-state index is -0.146. The molecule has 0 saturated heterocycles. The summed E-state index contributed by atoms with van der Waals surface area (Å²) < 4.78 is 5.30. The van der Waals surface area contributed by atoms with E-state index in [4.69, 9.17) is 16.3 Å². The van der Waals surface area contributed by atoms with Crippen LogP contribution in [0.1, 0.15) is 6.92 Å². The van der Waals surface area contributed by atoms with Crippen LogP contribution in [0.5, 0.6) is 5.75 Å². The molecule has 102 valence electrons. The first-order valence-corrected chi connectivity index (χ1v) is 5.82. The summed E-state index contributed by atoms with van der Waals surface area (Å²) in [6, 6.07) is 7.20. The van der Waals surface area contributed by atoms with Gasteiger partial charge in [-0.25, -0.2) is 0 Å². The number of nitrogens with one attached hydrogen (secondary N) is 2. The lowest BCUT2D eigenvalue weighted by Gasteiger charge is -2.11. The zero-order valence-electron chi connectivity index (χ0n) is 10.4. The largest absolute Gasteiger partial charge is 0.484 e. The van der Waals surface area contributed by atoms with E-state index in [-0.39, 0.29) is 31.0 Å². The minimum absolute atomic E-state index is 0. The van der Waals surface area contributed by atoms with Crippen LogP contribution in [0.2, 0.25) is 5.02 Å². The van der Waals surface area contributed by atoms with Crippen LogP contribution in [-0.4, -0.2) is 32.1 Å². The molecule has 0 aliphatic rings. The van der Waals surface area contributed by atoms with E-state index in [1.807, 2.05) is 14.0 Å². The SMILES string of the molecule is CNC(C)CNC(=O)COc1cccc(Cl)c1.Cl. The Hall–Kier alpha value is -0.970. The summed E-state index contributed by atoms with van der Waals surface area (Å²) >= 11 is 5.79. The van der Waals surface area contributed by atoms with Crippen molar-refractivity contribution in [2.45, 2.75) is 13.0 Å². The molecule has 1 rings (SSSR count). The molecule has 1 aromatic carbocycles. The Morgan fingerprint density at radius 2 is 2.22 bits per heavy atom. The summed E-state index contributed by atoms with van der Waals surface area (Å²) in [5.74, 6) is 0.446. The van der Waals surface area contributed by atoms with Crippen LogP contribution < -0.4 is 15.4 Å². The Balaban J connectivity index is 0.00000289. The lowest BCUT2D eigenvalue weighted by Crippen LogP contribution is -2.39. The number of halogens is 2. The van der Waals surface area contributed by atoms with Gasteiger partial charge in [0, 0.05) is 17.6 Å². The first kappa shape index (κ1) is 17.0. The van der Waals surface area contributed by atoms with Crippen LogP contribution >= 0.6 is 24.0 Å². The van der Waals surface area contributed by atoms with Gasteiger partial charge < -0.3 is 15.4 Å². The fraction of sp³-hybridized carbons (Fsp3) is 0.417. The number of amides is 1. The molecule has 1 atom stereocenters. The van der Waals surface area contributed by atoms with E-state index in [9.17, 15) is 4.79 Å². The van der Waals surface area contributed by atoms with Gasteiger partial charge in [0.25, 0.3) is 5.91 Å². The number of hydrogen-bond donors (Lipinski definition) is 2. The number of rotatable bonds is 6. The van der Waals surface area contributed by atoms with E-state index in [1.54, 1.807) is 24.3 Å². The van der Waals surface area contributed by atoms with E-state index in [0.717, 1.165) is 0 Å². The molecule has 0 aromatic heterocycles. The van der Waals surface area contributed by atoms with E-state index >= 15 is 0 Å². The summed E-state index contributed by atoms with van der Waals surface area (Å²) in [6.45, 7) is 2.56. The van der Waals surface area contributed by atoms with E-state index < -0.39 is 0 Å². The molecule has 4 nitrogen and oxygen atoms in total. The molecule has 0 aliphatic carbocycles. The molecular weight excluding hydrogens is 275 g/mol. The third-order valence-electron chi connectivity index (χ3n) is 2.26. The van der Waals surface area contributed by atoms with Gasteiger partial charge >= 0.3 is 0 Å². The third kappa shape index (κ3) is 6.69. The molecule has 18 heavy (non-hydrogen) atoms. The maximum Gasteiger partial charge on any atom is 0.257 e. The minimum Gasteiger partial charge on any atom is -0.484 e.